The van der Waals surface area contributed by atoms with E-state index < -0.39 is 29.9 Å². The zero-order valence-corrected chi connectivity index (χ0v) is 11.2. The number of thioether (sulfide) groups is 1. The van der Waals surface area contributed by atoms with Crippen molar-refractivity contribution in [2.24, 2.45) is 5.73 Å². The van der Waals surface area contributed by atoms with Crippen molar-refractivity contribution in [3.8, 4) is 0 Å². The van der Waals surface area contributed by atoms with Gasteiger partial charge in [0.25, 0.3) is 0 Å². The van der Waals surface area contributed by atoms with E-state index in [9.17, 15) is 14.4 Å². The number of aliphatic carboxylic acids is 2. The van der Waals surface area contributed by atoms with E-state index in [1.54, 1.807) is 6.08 Å². The topological polar surface area (TPSA) is 130 Å². The van der Waals surface area contributed by atoms with Crippen LogP contribution in [0.1, 0.15) is 12.8 Å². The molecule has 5 N–H and O–H groups in total. The Hall–Kier alpha value is -1.54. The van der Waals surface area contributed by atoms with Gasteiger partial charge in [-0.05, 0) is 6.42 Å². The molecule has 0 spiro atoms. The highest BCUT2D eigenvalue weighted by Crippen LogP contribution is 2.04. The van der Waals surface area contributed by atoms with Gasteiger partial charge in [-0.1, -0.05) is 6.08 Å². The third-order valence-corrected chi connectivity index (χ3v) is 3.19. The van der Waals surface area contributed by atoms with E-state index in [2.05, 4.69) is 11.9 Å². The molecule has 0 fully saturated rings. The molecule has 0 aromatic rings. The summed E-state index contributed by atoms with van der Waals surface area (Å²) in [5.41, 5.74) is 5.24. The van der Waals surface area contributed by atoms with Crippen LogP contribution in [0.15, 0.2) is 12.7 Å². The molecule has 19 heavy (non-hydrogen) atoms. The van der Waals surface area contributed by atoms with Crippen LogP contribution in [0.5, 0.6) is 0 Å². The average molecular weight is 290 g/mol. The summed E-state index contributed by atoms with van der Waals surface area (Å²) in [6.45, 7) is 3.50. The standard InChI is InChI=1S/C11H18N2O5S/c1-2-5-19-6-8(11(17)18)13-9(14)4-3-7(12)10(15)16/h2,7-8H,1,3-6,12H2,(H,13,14)(H,15,16)(H,17,18)/t7-,8?/m1/s1. The van der Waals surface area contributed by atoms with Gasteiger partial charge in [-0.15, -0.1) is 6.58 Å². The predicted molar refractivity (Wildman–Crippen MR) is 71.9 cm³/mol. The van der Waals surface area contributed by atoms with E-state index in [0.29, 0.717) is 5.75 Å². The first-order valence-electron chi connectivity index (χ1n) is 5.57. The molecule has 0 bridgehead atoms. The molecule has 0 aromatic heterocycles. The molecule has 0 aliphatic carbocycles. The highest BCUT2D eigenvalue weighted by atomic mass is 32.2. The molecule has 8 heteroatoms. The highest BCUT2D eigenvalue weighted by molar-refractivity contribution is 7.99. The fourth-order valence-electron chi connectivity index (χ4n) is 1.12. The maximum Gasteiger partial charge on any atom is 0.327 e. The Balaban J connectivity index is 4.13. The largest absolute Gasteiger partial charge is 0.480 e. The molecule has 0 aliphatic heterocycles. The summed E-state index contributed by atoms with van der Waals surface area (Å²) in [6.07, 6.45) is 1.48. The maximum absolute atomic E-state index is 11.5. The number of nitrogens with two attached hydrogens (primary N) is 1. The second kappa shape index (κ2) is 9.40. The minimum Gasteiger partial charge on any atom is -0.480 e. The number of amides is 1. The van der Waals surface area contributed by atoms with E-state index >= 15 is 0 Å². The van der Waals surface area contributed by atoms with Gasteiger partial charge in [0, 0.05) is 17.9 Å². The summed E-state index contributed by atoms with van der Waals surface area (Å²) in [7, 11) is 0. The number of carboxylic acid groups (broad SMARTS) is 2. The smallest absolute Gasteiger partial charge is 0.327 e. The van der Waals surface area contributed by atoms with Crippen LogP contribution in [0, 0.1) is 0 Å². The van der Waals surface area contributed by atoms with Gasteiger partial charge in [0.2, 0.25) is 5.91 Å². The van der Waals surface area contributed by atoms with Gasteiger partial charge in [0.1, 0.15) is 12.1 Å². The molecule has 0 heterocycles. The van der Waals surface area contributed by atoms with Gasteiger partial charge in [0.05, 0.1) is 0 Å². The van der Waals surface area contributed by atoms with Crippen molar-refractivity contribution in [1.29, 1.82) is 0 Å². The Kier molecular flexibility index (Phi) is 8.64. The molecule has 0 saturated heterocycles. The Morgan fingerprint density at radius 1 is 1.32 bits per heavy atom. The molecule has 0 aromatic carbocycles. The zero-order chi connectivity index (χ0) is 14.8. The summed E-state index contributed by atoms with van der Waals surface area (Å²) < 4.78 is 0. The van der Waals surface area contributed by atoms with Crippen LogP contribution < -0.4 is 11.1 Å². The van der Waals surface area contributed by atoms with Crippen molar-refractivity contribution in [3.63, 3.8) is 0 Å². The van der Waals surface area contributed by atoms with Crippen LogP contribution in [-0.2, 0) is 14.4 Å². The van der Waals surface area contributed by atoms with Crippen molar-refractivity contribution in [2.45, 2.75) is 24.9 Å². The fraction of sp³-hybridized carbons (Fsp3) is 0.545. The molecule has 0 radical (unpaired) electrons. The average Bonchev–Trinajstić information content (AvgIpc) is 2.34. The van der Waals surface area contributed by atoms with Crippen LogP contribution in [-0.4, -0.2) is 51.6 Å². The van der Waals surface area contributed by atoms with Crippen molar-refractivity contribution in [3.05, 3.63) is 12.7 Å². The maximum atomic E-state index is 11.5. The molecule has 0 aliphatic rings. The summed E-state index contributed by atoms with van der Waals surface area (Å²) in [5.74, 6) is -2.04. The minimum absolute atomic E-state index is 0.0344. The summed E-state index contributed by atoms with van der Waals surface area (Å²) in [5, 5.41) is 19.8. The molecule has 108 valence electrons. The van der Waals surface area contributed by atoms with Gasteiger partial charge in [-0.25, -0.2) is 4.79 Å². The third kappa shape index (κ3) is 8.22. The first kappa shape index (κ1) is 17.5. The van der Waals surface area contributed by atoms with Gasteiger partial charge < -0.3 is 21.3 Å². The molecule has 1 amide bonds. The summed E-state index contributed by atoms with van der Waals surface area (Å²) in [6, 6.07) is -2.12. The SMILES string of the molecule is C=CCSCC(NC(=O)CC[C@@H](N)C(=O)O)C(=O)O. The van der Waals surface area contributed by atoms with Crippen LogP contribution in [0.4, 0.5) is 0 Å². The van der Waals surface area contributed by atoms with E-state index in [4.69, 9.17) is 15.9 Å². The highest BCUT2D eigenvalue weighted by Gasteiger charge is 2.20. The molecular formula is C11H18N2O5S. The number of carbonyl (C=O) groups is 3. The first-order chi connectivity index (χ1) is 8.88. The van der Waals surface area contributed by atoms with E-state index in [1.807, 2.05) is 0 Å². The normalized spacial score (nSPS) is 13.3. The number of hydrogen-bond acceptors (Lipinski definition) is 5. The first-order valence-corrected chi connectivity index (χ1v) is 6.73. The van der Waals surface area contributed by atoms with Gasteiger partial charge >= 0.3 is 11.9 Å². The van der Waals surface area contributed by atoms with E-state index in [-0.39, 0.29) is 18.6 Å². The lowest BCUT2D eigenvalue weighted by Gasteiger charge is -2.14. The second-order valence-corrected chi connectivity index (χ2v) is 4.84. The second-order valence-electron chi connectivity index (χ2n) is 3.77. The molecule has 0 rings (SSSR count). The Morgan fingerprint density at radius 3 is 2.42 bits per heavy atom. The number of carbonyl (C=O) groups excluding carboxylic acids is 1. The van der Waals surface area contributed by atoms with Crippen LogP contribution in [0.3, 0.4) is 0 Å². The minimum atomic E-state index is -1.19. The number of hydrogen-bond donors (Lipinski definition) is 4. The van der Waals surface area contributed by atoms with E-state index in [0.717, 1.165) is 0 Å². The monoisotopic (exact) mass is 290 g/mol. The fourth-order valence-corrected chi connectivity index (χ4v) is 1.88. The number of rotatable bonds is 10. The lowest BCUT2D eigenvalue weighted by Crippen LogP contribution is -2.43. The van der Waals surface area contributed by atoms with Crippen molar-refractivity contribution in [1.82, 2.24) is 5.32 Å². The lowest BCUT2D eigenvalue weighted by atomic mass is 10.1. The van der Waals surface area contributed by atoms with E-state index in [1.165, 1.54) is 11.8 Å². The predicted octanol–water partition coefficient (Wildman–Crippen LogP) is -0.333. The van der Waals surface area contributed by atoms with Crippen molar-refractivity contribution >= 4 is 29.6 Å². The van der Waals surface area contributed by atoms with Crippen LogP contribution >= 0.6 is 11.8 Å². The zero-order valence-electron chi connectivity index (χ0n) is 10.4. The van der Waals surface area contributed by atoms with Crippen LogP contribution in [0.25, 0.3) is 0 Å². The molecular weight excluding hydrogens is 272 g/mol. The molecule has 7 nitrogen and oxygen atoms in total. The molecule has 0 saturated carbocycles. The summed E-state index contributed by atoms with van der Waals surface area (Å²) >= 11 is 1.33. The summed E-state index contributed by atoms with van der Waals surface area (Å²) in [4.78, 5) is 32.8. The van der Waals surface area contributed by atoms with Gasteiger partial charge in [0.15, 0.2) is 0 Å². The Labute approximate surface area is 115 Å². The Morgan fingerprint density at radius 2 is 1.95 bits per heavy atom. The molecule has 2 atom stereocenters. The Bertz CT molecular complexity index is 348. The molecule has 1 unspecified atom stereocenters. The van der Waals surface area contributed by atoms with Gasteiger partial charge in [-0.3, -0.25) is 9.59 Å². The number of carboxylic acids is 2. The van der Waals surface area contributed by atoms with Crippen molar-refractivity contribution < 1.29 is 24.6 Å². The quantitative estimate of drug-likeness (QED) is 0.320. The van der Waals surface area contributed by atoms with Crippen molar-refractivity contribution in [2.75, 3.05) is 11.5 Å². The third-order valence-electron chi connectivity index (χ3n) is 2.15. The van der Waals surface area contributed by atoms with Gasteiger partial charge in [-0.2, -0.15) is 11.8 Å². The number of nitrogens with one attached hydrogen (secondary N) is 1. The van der Waals surface area contributed by atoms with Crippen LogP contribution in [0.2, 0.25) is 0 Å². The lowest BCUT2D eigenvalue weighted by molar-refractivity contribution is -0.141.